The molecule has 0 saturated carbocycles. The van der Waals surface area contributed by atoms with E-state index in [9.17, 15) is 15.0 Å². The smallest absolute Gasteiger partial charge is 0.341 e. The maximum Gasteiger partial charge on any atom is 0.341 e. The first-order valence-electron chi connectivity index (χ1n) is 4.44. The van der Waals surface area contributed by atoms with Crippen molar-refractivity contribution in [1.82, 2.24) is 0 Å². The summed E-state index contributed by atoms with van der Waals surface area (Å²) in [5.74, 6) is -1.38. The molecule has 3 N–H and O–H groups in total. The van der Waals surface area contributed by atoms with Gasteiger partial charge in [-0.15, -0.1) is 0 Å². The normalized spacial score (nSPS) is 49.3. The molecule has 3 aliphatic rings. The second kappa shape index (κ2) is 3.39. The van der Waals surface area contributed by atoms with Gasteiger partial charge in [0.1, 0.15) is 18.3 Å². The number of carboxylic acids is 1. The predicted octanol–water partition coefficient (Wildman–Crippen LogP) is -2.07. The molecule has 0 unspecified atom stereocenters. The molecule has 3 rings (SSSR count). The Morgan fingerprint density at radius 3 is 2.67 bits per heavy atom. The zero-order chi connectivity index (χ0) is 11.2. The van der Waals surface area contributed by atoms with E-state index in [1.807, 2.05) is 0 Å². The third-order valence-corrected chi connectivity index (χ3v) is 2.85. The topological polar surface area (TPSA) is 105 Å². The monoisotopic (exact) mass is 220 g/mol. The first-order chi connectivity index (χ1) is 7.03. The molecule has 0 aromatic carbocycles. The van der Waals surface area contributed by atoms with Crippen LogP contribution in [0.4, 0.5) is 0 Å². The summed E-state index contributed by atoms with van der Waals surface area (Å²) >= 11 is 0. The van der Waals surface area contributed by atoms with Crippen molar-refractivity contribution in [3.63, 3.8) is 0 Å². The Morgan fingerprint density at radius 2 is 2.20 bits per heavy atom. The van der Waals surface area contributed by atoms with E-state index < -0.39 is 36.2 Å². The van der Waals surface area contributed by atoms with Crippen molar-refractivity contribution in [1.29, 1.82) is 0 Å². The van der Waals surface area contributed by atoms with Gasteiger partial charge in [0, 0.05) is 7.11 Å². The van der Waals surface area contributed by atoms with Crippen LogP contribution in [0.1, 0.15) is 0 Å². The molecule has 5 atom stereocenters. The second-order valence-corrected chi connectivity index (χ2v) is 3.62. The van der Waals surface area contributed by atoms with Gasteiger partial charge in [0.15, 0.2) is 6.29 Å². The molecule has 86 valence electrons. The van der Waals surface area contributed by atoms with Crippen LogP contribution < -0.4 is 0 Å². The van der Waals surface area contributed by atoms with Crippen molar-refractivity contribution in [2.75, 3.05) is 13.7 Å². The zero-order valence-corrected chi connectivity index (χ0v) is 7.99. The van der Waals surface area contributed by atoms with E-state index in [0.29, 0.717) is 0 Å². The maximum absolute atomic E-state index is 11.0. The highest BCUT2D eigenvalue weighted by atomic mass is 16.7. The summed E-state index contributed by atoms with van der Waals surface area (Å²) in [5, 5.41) is 28.2. The van der Waals surface area contributed by atoms with Crippen molar-refractivity contribution in [2.24, 2.45) is 0 Å². The van der Waals surface area contributed by atoms with Crippen molar-refractivity contribution in [2.45, 2.75) is 30.2 Å². The van der Waals surface area contributed by atoms with Gasteiger partial charge in [-0.3, -0.25) is 0 Å². The number of rotatable bonds is 2. The number of hydrogen-bond donors (Lipinski definition) is 3. The van der Waals surface area contributed by atoms with Crippen LogP contribution in [0.3, 0.4) is 0 Å². The highest BCUT2D eigenvalue weighted by Gasteiger charge is 2.64. The standard InChI is InChI=1S/C8H12O7/c1-13-3-4-6(10)15-8(2-14-4,5(3)9)7(11)12/h3-6,9-10H,2H2,1H3,(H,11,12)/t3-,4+,5-,6-,8-/m1/s1. The fraction of sp³-hybridized carbons (Fsp3) is 0.875. The van der Waals surface area contributed by atoms with Crippen LogP contribution in [-0.4, -0.2) is 65.2 Å². The average Bonchev–Trinajstić information content (AvgIpc) is 2.20. The molecule has 7 nitrogen and oxygen atoms in total. The van der Waals surface area contributed by atoms with Crippen LogP contribution in [0, 0.1) is 0 Å². The van der Waals surface area contributed by atoms with E-state index in [1.165, 1.54) is 7.11 Å². The molecule has 3 aliphatic heterocycles. The SMILES string of the molecule is CO[C@@H]1[C@@H]2OC[C@@](C(=O)O)(O[C@H]2O)[C@@H]1O. The van der Waals surface area contributed by atoms with E-state index in [-0.39, 0.29) is 6.61 Å². The number of ether oxygens (including phenoxy) is 3. The molecular weight excluding hydrogens is 208 g/mol. The predicted molar refractivity (Wildman–Crippen MR) is 44.0 cm³/mol. The first-order valence-corrected chi connectivity index (χ1v) is 4.44. The Labute approximate surface area is 85.2 Å². The van der Waals surface area contributed by atoms with Gasteiger partial charge in [0.2, 0.25) is 5.60 Å². The number of methoxy groups -OCH3 is 1. The number of fused-ring (bicyclic) bond motifs is 3. The molecule has 0 aliphatic carbocycles. The molecule has 0 aromatic heterocycles. The lowest BCUT2D eigenvalue weighted by atomic mass is 9.84. The fourth-order valence-electron chi connectivity index (χ4n) is 1.98. The van der Waals surface area contributed by atoms with E-state index in [2.05, 4.69) is 0 Å². The number of aliphatic hydroxyl groups excluding tert-OH is 2. The van der Waals surface area contributed by atoms with Crippen molar-refractivity contribution >= 4 is 5.97 Å². The molecule has 3 saturated heterocycles. The van der Waals surface area contributed by atoms with Gasteiger partial charge in [-0.25, -0.2) is 4.79 Å². The maximum atomic E-state index is 11.0. The molecule has 7 heteroatoms. The first kappa shape index (κ1) is 10.8. The van der Waals surface area contributed by atoms with Crippen molar-refractivity contribution < 1.29 is 34.3 Å². The minimum absolute atomic E-state index is 0.301. The molecule has 0 aromatic rings. The third kappa shape index (κ3) is 1.28. The minimum Gasteiger partial charge on any atom is -0.479 e. The lowest BCUT2D eigenvalue weighted by molar-refractivity contribution is -0.376. The molecule has 3 heterocycles. The summed E-state index contributed by atoms with van der Waals surface area (Å²) in [6, 6.07) is 0. The zero-order valence-electron chi connectivity index (χ0n) is 7.99. The van der Waals surface area contributed by atoms with Crippen LogP contribution in [0.25, 0.3) is 0 Å². The van der Waals surface area contributed by atoms with E-state index in [4.69, 9.17) is 19.3 Å². The van der Waals surface area contributed by atoms with Gasteiger partial charge in [0.25, 0.3) is 0 Å². The Balaban J connectivity index is 2.35. The molecule has 3 fully saturated rings. The fourth-order valence-corrected chi connectivity index (χ4v) is 1.98. The molecule has 0 radical (unpaired) electrons. The van der Waals surface area contributed by atoms with E-state index in [1.54, 1.807) is 0 Å². The summed E-state index contributed by atoms with van der Waals surface area (Å²) in [7, 11) is 1.31. The molecule has 0 spiro atoms. The number of aliphatic carboxylic acids is 1. The summed E-state index contributed by atoms with van der Waals surface area (Å²) in [6.45, 7) is -0.301. The molecular formula is C8H12O7. The van der Waals surface area contributed by atoms with Crippen LogP contribution in [0.2, 0.25) is 0 Å². The van der Waals surface area contributed by atoms with E-state index >= 15 is 0 Å². The molecule has 15 heavy (non-hydrogen) atoms. The number of aliphatic hydroxyl groups is 2. The van der Waals surface area contributed by atoms with Gasteiger partial charge in [-0.2, -0.15) is 0 Å². The summed E-state index contributed by atoms with van der Waals surface area (Å²) < 4.78 is 14.9. The largest absolute Gasteiger partial charge is 0.479 e. The van der Waals surface area contributed by atoms with Crippen LogP contribution >= 0.6 is 0 Å². The van der Waals surface area contributed by atoms with Gasteiger partial charge in [0.05, 0.1) is 6.61 Å². The Hall–Kier alpha value is -0.730. The summed E-state index contributed by atoms with van der Waals surface area (Å²) in [6.07, 6.45) is -4.52. The second-order valence-electron chi connectivity index (χ2n) is 3.62. The molecule has 0 amide bonds. The van der Waals surface area contributed by atoms with Crippen LogP contribution in [0.5, 0.6) is 0 Å². The Bertz CT molecular complexity index is 280. The van der Waals surface area contributed by atoms with Crippen LogP contribution in [0.15, 0.2) is 0 Å². The lowest BCUT2D eigenvalue weighted by Gasteiger charge is -2.52. The summed E-state index contributed by atoms with van der Waals surface area (Å²) in [4.78, 5) is 11.0. The average molecular weight is 220 g/mol. The van der Waals surface area contributed by atoms with Gasteiger partial charge < -0.3 is 29.5 Å². The molecule has 2 bridgehead atoms. The number of carboxylic acid groups (broad SMARTS) is 1. The van der Waals surface area contributed by atoms with Crippen molar-refractivity contribution in [3.05, 3.63) is 0 Å². The summed E-state index contributed by atoms with van der Waals surface area (Å²) in [5.41, 5.74) is -1.94. The Morgan fingerprint density at radius 1 is 1.53 bits per heavy atom. The van der Waals surface area contributed by atoms with E-state index in [0.717, 1.165) is 0 Å². The lowest BCUT2D eigenvalue weighted by Crippen LogP contribution is -2.74. The highest BCUT2D eigenvalue weighted by Crippen LogP contribution is 2.38. The van der Waals surface area contributed by atoms with Crippen molar-refractivity contribution in [3.8, 4) is 0 Å². The third-order valence-electron chi connectivity index (χ3n) is 2.85. The highest BCUT2D eigenvalue weighted by molar-refractivity contribution is 5.79. The van der Waals surface area contributed by atoms with Gasteiger partial charge in [-0.05, 0) is 0 Å². The van der Waals surface area contributed by atoms with Crippen LogP contribution in [-0.2, 0) is 19.0 Å². The van der Waals surface area contributed by atoms with Gasteiger partial charge >= 0.3 is 5.97 Å². The van der Waals surface area contributed by atoms with Gasteiger partial charge in [-0.1, -0.05) is 0 Å². The minimum atomic E-state index is -1.94. The number of carbonyl (C=O) groups is 1. The quantitative estimate of drug-likeness (QED) is 0.491. The Kier molecular flexibility index (Phi) is 2.44. The number of hydrogen-bond acceptors (Lipinski definition) is 6.